The van der Waals surface area contributed by atoms with Crippen LogP contribution in [0.3, 0.4) is 0 Å². The van der Waals surface area contributed by atoms with Crippen molar-refractivity contribution in [2.75, 3.05) is 33.9 Å². The summed E-state index contributed by atoms with van der Waals surface area (Å²) in [5.41, 5.74) is 0.0384. The van der Waals surface area contributed by atoms with E-state index in [-0.39, 0.29) is 17.9 Å². The molecule has 0 aliphatic carbocycles. The van der Waals surface area contributed by atoms with Crippen molar-refractivity contribution in [1.29, 1.82) is 0 Å². The third-order valence-corrected chi connectivity index (χ3v) is 4.09. The van der Waals surface area contributed by atoms with Crippen LogP contribution in [0.5, 0.6) is 5.75 Å². The lowest BCUT2D eigenvalue weighted by molar-refractivity contribution is -0.184. The van der Waals surface area contributed by atoms with Crippen molar-refractivity contribution in [3.8, 4) is 5.75 Å². The van der Waals surface area contributed by atoms with Gasteiger partial charge in [0.05, 0.1) is 13.2 Å². The highest BCUT2D eigenvalue weighted by atomic mass is 16.6. The Morgan fingerprint density at radius 3 is 2.67 bits per heavy atom. The van der Waals surface area contributed by atoms with E-state index in [2.05, 4.69) is 0 Å². The largest absolute Gasteiger partial charge is 0.454 e. The van der Waals surface area contributed by atoms with Gasteiger partial charge in [-0.2, -0.15) is 0 Å². The molecule has 132 valence electrons. The Balaban J connectivity index is 2.45. The molecule has 0 radical (unpaired) electrons. The zero-order chi connectivity index (χ0) is 17.7. The fraction of sp³-hybridized carbons (Fsp3) is 0.556. The van der Waals surface area contributed by atoms with Gasteiger partial charge in [0.2, 0.25) is 0 Å². The first-order chi connectivity index (χ1) is 11.3. The molecule has 1 aromatic carbocycles. The molecule has 0 bridgehead atoms. The van der Waals surface area contributed by atoms with Crippen LogP contribution in [0, 0.1) is 5.92 Å². The number of hydrogen-bond acceptors (Lipinski definition) is 6. The molecule has 0 amide bonds. The molecule has 1 aliphatic rings. The Hall–Kier alpha value is -1.92. The second-order valence-electron chi connectivity index (χ2n) is 6.39. The van der Waals surface area contributed by atoms with Crippen LogP contribution < -0.4 is 4.74 Å². The first-order valence-corrected chi connectivity index (χ1v) is 8.04. The van der Waals surface area contributed by atoms with Gasteiger partial charge < -0.3 is 19.1 Å². The van der Waals surface area contributed by atoms with E-state index in [0.29, 0.717) is 31.9 Å². The minimum atomic E-state index is -0.787. The fourth-order valence-corrected chi connectivity index (χ4v) is 3.25. The smallest absolute Gasteiger partial charge is 0.308 e. The van der Waals surface area contributed by atoms with Crippen molar-refractivity contribution in [2.45, 2.75) is 25.9 Å². The summed E-state index contributed by atoms with van der Waals surface area (Å²) >= 11 is 0. The van der Waals surface area contributed by atoms with Crippen LogP contribution in [0.15, 0.2) is 24.3 Å². The van der Waals surface area contributed by atoms with Crippen molar-refractivity contribution in [1.82, 2.24) is 4.90 Å². The fourth-order valence-electron chi connectivity index (χ4n) is 3.25. The van der Waals surface area contributed by atoms with E-state index >= 15 is 0 Å². The quantitative estimate of drug-likeness (QED) is 0.605. The molecule has 0 spiro atoms. The minimum absolute atomic E-state index is 0.0160. The Labute approximate surface area is 142 Å². The molecule has 0 saturated carbocycles. The molecular weight excluding hydrogens is 310 g/mol. The van der Waals surface area contributed by atoms with Gasteiger partial charge in [0.25, 0.3) is 0 Å². The normalized spacial score (nSPS) is 23.8. The Bertz CT molecular complexity index is 601. The first kappa shape index (κ1) is 18.4. The molecule has 6 nitrogen and oxygen atoms in total. The van der Waals surface area contributed by atoms with Gasteiger partial charge >= 0.3 is 11.9 Å². The number of hydrogen-bond donors (Lipinski definition) is 0. The second-order valence-corrected chi connectivity index (χ2v) is 6.39. The van der Waals surface area contributed by atoms with Crippen molar-refractivity contribution in [3.05, 3.63) is 29.8 Å². The highest BCUT2D eigenvalue weighted by Crippen LogP contribution is 2.42. The van der Waals surface area contributed by atoms with Gasteiger partial charge in [-0.1, -0.05) is 12.1 Å². The Morgan fingerprint density at radius 2 is 2.04 bits per heavy atom. The van der Waals surface area contributed by atoms with E-state index in [4.69, 9.17) is 14.2 Å². The molecule has 24 heavy (non-hydrogen) atoms. The number of nitrogens with zero attached hydrogens (tertiary/aromatic N) is 1. The van der Waals surface area contributed by atoms with Crippen LogP contribution >= 0.6 is 0 Å². The van der Waals surface area contributed by atoms with E-state index in [1.807, 2.05) is 25.1 Å². The van der Waals surface area contributed by atoms with Gasteiger partial charge in [-0.3, -0.25) is 9.59 Å². The summed E-state index contributed by atoms with van der Waals surface area (Å²) < 4.78 is 16.7. The zero-order valence-corrected chi connectivity index (χ0v) is 14.7. The van der Waals surface area contributed by atoms with E-state index in [0.717, 1.165) is 5.56 Å². The molecule has 0 aromatic heterocycles. The zero-order valence-electron chi connectivity index (χ0n) is 14.7. The van der Waals surface area contributed by atoms with E-state index < -0.39 is 5.60 Å². The summed E-state index contributed by atoms with van der Waals surface area (Å²) in [4.78, 5) is 25.1. The molecule has 1 fully saturated rings. The Kier molecular flexibility index (Phi) is 5.96. The lowest BCUT2D eigenvalue weighted by Gasteiger charge is -2.44. The van der Waals surface area contributed by atoms with Gasteiger partial charge in [-0.05, 0) is 31.8 Å². The minimum Gasteiger partial charge on any atom is -0.454 e. The van der Waals surface area contributed by atoms with Gasteiger partial charge in [-0.15, -0.1) is 0 Å². The number of benzene rings is 1. The average Bonchev–Trinajstić information content (AvgIpc) is 2.48. The first-order valence-electron chi connectivity index (χ1n) is 8.04. The number of esters is 2. The van der Waals surface area contributed by atoms with Crippen LogP contribution in [-0.2, 0) is 24.7 Å². The van der Waals surface area contributed by atoms with Gasteiger partial charge in [0, 0.05) is 32.7 Å². The summed E-state index contributed by atoms with van der Waals surface area (Å²) in [6, 6.07) is 7.20. The summed E-state index contributed by atoms with van der Waals surface area (Å²) in [5, 5.41) is 0. The maximum Gasteiger partial charge on any atom is 0.308 e. The molecule has 1 aliphatic heterocycles. The van der Waals surface area contributed by atoms with E-state index in [1.54, 1.807) is 18.2 Å². The molecule has 0 unspecified atom stereocenters. The van der Waals surface area contributed by atoms with Crippen LogP contribution in [0.4, 0.5) is 0 Å². The molecule has 1 saturated heterocycles. The summed E-state index contributed by atoms with van der Waals surface area (Å²) in [5.74, 6) is -0.289. The molecule has 2 rings (SSSR count). The molecule has 1 heterocycles. The third kappa shape index (κ3) is 4.33. The number of carbonyl (C=O) groups excluding carboxylic acids is 2. The van der Waals surface area contributed by atoms with Crippen LogP contribution in [0.25, 0.3) is 0 Å². The highest BCUT2D eigenvalue weighted by molar-refractivity contribution is 5.69. The van der Waals surface area contributed by atoms with Gasteiger partial charge in [0.1, 0.15) is 11.4 Å². The standard InChI is InChI=1S/C18H25NO5/c1-13(20)23-17-7-5-6-15(10-17)18(24-14(2)21)8-9-22-12-16(18)11-19(3)4/h5-7,10,16H,8-9,11-12H2,1-4H3/t16-,18-/m0/s1. The number of rotatable bonds is 5. The van der Waals surface area contributed by atoms with Crippen molar-refractivity contribution >= 4 is 11.9 Å². The van der Waals surface area contributed by atoms with E-state index in [1.165, 1.54) is 13.8 Å². The van der Waals surface area contributed by atoms with Crippen molar-refractivity contribution < 1.29 is 23.8 Å². The SMILES string of the molecule is CC(=O)Oc1cccc([C@@]2(OC(C)=O)CCOC[C@@H]2CN(C)C)c1. The Morgan fingerprint density at radius 1 is 1.29 bits per heavy atom. The topological polar surface area (TPSA) is 65.1 Å². The predicted octanol–water partition coefficient (Wildman–Crippen LogP) is 1.97. The molecule has 0 N–H and O–H groups in total. The highest BCUT2D eigenvalue weighted by Gasteiger charge is 2.46. The summed E-state index contributed by atoms with van der Waals surface area (Å²) in [6.07, 6.45) is 0.564. The monoisotopic (exact) mass is 335 g/mol. The van der Waals surface area contributed by atoms with Crippen molar-refractivity contribution in [2.24, 2.45) is 5.92 Å². The predicted molar refractivity (Wildman–Crippen MR) is 88.7 cm³/mol. The number of ether oxygens (including phenoxy) is 3. The third-order valence-electron chi connectivity index (χ3n) is 4.09. The van der Waals surface area contributed by atoms with E-state index in [9.17, 15) is 9.59 Å². The van der Waals surface area contributed by atoms with Gasteiger partial charge in [0.15, 0.2) is 0 Å². The van der Waals surface area contributed by atoms with Crippen LogP contribution in [0.1, 0.15) is 25.8 Å². The maximum atomic E-state index is 11.8. The van der Waals surface area contributed by atoms with Gasteiger partial charge in [-0.25, -0.2) is 0 Å². The number of carbonyl (C=O) groups is 2. The second kappa shape index (κ2) is 7.77. The van der Waals surface area contributed by atoms with Crippen LogP contribution in [-0.4, -0.2) is 50.7 Å². The lowest BCUT2D eigenvalue weighted by atomic mass is 9.77. The molecule has 6 heteroatoms. The summed E-state index contributed by atoms with van der Waals surface area (Å²) in [7, 11) is 3.95. The average molecular weight is 335 g/mol. The molecule has 1 aromatic rings. The lowest BCUT2D eigenvalue weighted by Crippen LogP contribution is -2.49. The molecular formula is C18H25NO5. The summed E-state index contributed by atoms with van der Waals surface area (Å²) in [6.45, 7) is 4.50. The molecule has 2 atom stereocenters. The maximum absolute atomic E-state index is 11.8. The van der Waals surface area contributed by atoms with Crippen LogP contribution in [0.2, 0.25) is 0 Å². The van der Waals surface area contributed by atoms with Crippen molar-refractivity contribution in [3.63, 3.8) is 0 Å².